The Morgan fingerprint density at radius 1 is 1.40 bits per heavy atom. The smallest absolute Gasteiger partial charge is 0.253 e. The van der Waals surface area contributed by atoms with E-state index in [0.717, 1.165) is 24.1 Å². The summed E-state index contributed by atoms with van der Waals surface area (Å²) >= 11 is 0. The molecular weight excluding hydrogens is 258 g/mol. The summed E-state index contributed by atoms with van der Waals surface area (Å²) in [4.78, 5) is 11.9. The standard InChI is InChI=1S/C13H15N5O2/c1-18-12(15-16-17-18)9-4-6-10(7-5-9)14-13(19)11-3-2-8-20-11/h4-7,11H,2-3,8H2,1H3,(H,14,19). The van der Waals surface area contributed by atoms with Crippen molar-refractivity contribution in [2.24, 2.45) is 7.05 Å². The molecule has 3 rings (SSSR count). The maximum atomic E-state index is 11.9. The minimum Gasteiger partial charge on any atom is -0.368 e. The van der Waals surface area contributed by atoms with Gasteiger partial charge < -0.3 is 10.1 Å². The number of aromatic nitrogens is 4. The average Bonchev–Trinajstić information content (AvgIpc) is 3.11. The molecule has 1 saturated heterocycles. The van der Waals surface area contributed by atoms with E-state index in [4.69, 9.17) is 4.74 Å². The van der Waals surface area contributed by atoms with Gasteiger partial charge in [0.1, 0.15) is 6.10 Å². The van der Waals surface area contributed by atoms with Gasteiger partial charge in [0.05, 0.1) is 0 Å². The van der Waals surface area contributed by atoms with Crippen LogP contribution in [0.3, 0.4) is 0 Å². The third-order valence-corrected chi connectivity index (χ3v) is 3.25. The van der Waals surface area contributed by atoms with Gasteiger partial charge >= 0.3 is 0 Å². The van der Waals surface area contributed by atoms with Crippen molar-refractivity contribution in [1.82, 2.24) is 20.2 Å². The van der Waals surface area contributed by atoms with Gasteiger partial charge in [-0.05, 0) is 47.5 Å². The predicted octanol–water partition coefficient (Wildman–Crippen LogP) is 0.995. The first kappa shape index (κ1) is 12.7. The summed E-state index contributed by atoms with van der Waals surface area (Å²) in [5, 5.41) is 14.2. The molecule has 1 atom stereocenters. The van der Waals surface area contributed by atoms with Gasteiger partial charge in [0, 0.05) is 24.9 Å². The van der Waals surface area contributed by atoms with Crippen LogP contribution in [0, 0.1) is 0 Å². The summed E-state index contributed by atoms with van der Waals surface area (Å²) in [7, 11) is 1.78. The number of carbonyl (C=O) groups excluding carboxylic acids is 1. The molecule has 2 aromatic rings. The van der Waals surface area contributed by atoms with Gasteiger partial charge in [0.15, 0.2) is 5.82 Å². The van der Waals surface area contributed by atoms with Gasteiger partial charge in [0.25, 0.3) is 5.91 Å². The van der Waals surface area contributed by atoms with Crippen LogP contribution in [0.4, 0.5) is 5.69 Å². The summed E-state index contributed by atoms with van der Waals surface area (Å²) in [6.45, 7) is 0.663. The number of aryl methyl sites for hydroxylation is 1. The molecule has 1 aliphatic rings. The molecule has 1 N–H and O–H groups in total. The lowest BCUT2D eigenvalue weighted by molar-refractivity contribution is -0.124. The lowest BCUT2D eigenvalue weighted by Gasteiger charge is -2.10. The van der Waals surface area contributed by atoms with Crippen molar-refractivity contribution >= 4 is 11.6 Å². The van der Waals surface area contributed by atoms with E-state index in [-0.39, 0.29) is 12.0 Å². The number of hydrogen-bond acceptors (Lipinski definition) is 5. The number of carbonyl (C=O) groups is 1. The van der Waals surface area contributed by atoms with E-state index in [2.05, 4.69) is 20.8 Å². The molecule has 2 heterocycles. The number of amides is 1. The van der Waals surface area contributed by atoms with Crippen LogP contribution >= 0.6 is 0 Å². The topological polar surface area (TPSA) is 81.9 Å². The molecule has 1 aromatic heterocycles. The van der Waals surface area contributed by atoms with Gasteiger partial charge in [-0.2, -0.15) is 0 Å². The first-order valence-electron chi connectivity index (χ1n) is 6.49. The summed E-state index contributed by atoms with van der Waals surface area (Å²) in [5.74, 6) is 0.595. The second kappa shape index (κ2) is 5.38. The van der Waals surface area contributed by atoms with Crippen LogP contribution in [0.25, 0.3) is 11.4 Å². The van der Waals surface area contributed by atoms with Crippen molar-refractivity contribution in [3.05, 3.63) is 24.3 Å². The minimum atomic E-state index is -0.322. The average molecular weight is 273 g/mol. The molecule has 7 nitrogen and oxygen atoms in total. The number of benzene rings is 1. The van der Waals surface area contributed by atoms with Crippen LogP contribution < -0.4 is 5.32 Å². The Morgan fingerprint density at radius 3 is 2.80 bits per heavy atom. The fraction of sp³-hybridized carbons (Fsp3) is 0.385. The molecule has 0 aliphatic carbocycles. The van der Waals surface area contributed by atoms with Crippen LogP contribution in [0.1, 0.15) is 12.8 Å². The first-order valence-corrected chi connectivity index (χ1v) is 6.49. The van der Waals surface area contributed by atoms with Gasteiger partial charge in [-0.15, -0.1) is 5.10 Å². The van der Waals surface area contributed by atoms with E-state index in [0.29, 0.717) is 12.4 Å². The Balaban J connectivity index is 1.70. The van der Waals surface area contributed by atoms with Crippen LogP contribution in [0.5, 0.6) is 0 Å². The number of anilines is 1. The Hall–Kier alpha value is -2.28. The molecule has 1 amide bonds. The maximum Gasteiger partial charge on any atom is 0.253 e. The highest BCUT2D eigenvalue weighted by atomic mass is 16.5. The monoisotopic (exact) mass is 273 g/mol. The second-order valence-electron chi connectivity index (χ2n) is 4.69. The third kappa shape index (κ3) is 2.53. The number of nitrogens with zero attached hydrogens (tertiary/aromatic N) is 4. The highest BCUT2D eigenvalue weighted by molar-refractivity contribution is 5.94. The van der Waals surface area contributed by atoms with Crippen molar-refractivity contribution in [2.75, 3.05) is 11.9 Å². The normalized spacial score (nSPS) is 18.1. The van der Waals surface area contributed by atoms with Crippen LogP contribution in [-0.4, -0.2) is 38.8 Å². The first-order chi connectivity index (χ1) is 9.74. The molecule has 0 radical (unpaired) electrons. The Bertz CT molecular complexity index is 601. The highest BCUT2D eigenvalue weighted by Gasteiger charge is 2.23. The Morgan fingerprint density at radius 2 is 2.20 bits per heavy atom. The molecule has 1 unspecified atom stereocenters. The predicted molar refractivity (Wildman–Crippen MR) is 71.8 cm³/mol. The van der Waals surface area contributed by atoms with Crippen molar-refractivity contribution in [3.8, 4) is 11.4 Å². The number of tetrazole rings is 1. The minimum absolute atomic E-state index is 0.0874. The zero-order chi connectivity index (χ0) is 13.9. The lowest BCUT2D eigenvalue weighted by atomic mass is 10.2. The number of rotatable bonds is 3. The number of hydrogen-bond donors (Lipinski definition) is 1. The van der Waals surface area contributed by atoms with Crippen LogP contribution in [0.2, 0.25) is 0 Å². The van der Waals surface area contributed by atoms with Gasteiger partial charge in [0.2, 0.25) is 0 Å². The van der Waals surface area contributed by atoms with Crippen molar-refractivity contribution in [1.29, 1.82) is 0 Å². The lowest BCUT2D eigenvalue weighted by Crippen LogP contribution is -2.26. The molecule has 7 heteroatoms. The molecule has 1 fully saturated rings. The highest BCUT2D eigenvalue weighted by Crippen LogP contribution is 2.19. The largest absolute Gasteiger partial charge is 0.368 e. The van der Waals surface area contributed by atoms with Crippen molar-refractivity contribution < 1.29 is 9.53 Å². The number of nitrogens with one attached hydrogen (secondary N) is 1. The molecule has 0 saturated carbocycles. The maximum absolute atomic E-state index is 11.9. The fourth-order valence-corrected chi connectivity index (χ4v) is 2.18. The molecule has 0 spiro atoms. The Labute approximate surface area is 115 Å². The molecule has 0 bridgehead atoms. The van der Waals surface area contributed by atoms with Gasteiger partial charge in [-0.1, -0.05) is 0 Å². The van der Waals surface area contributed by atoms with E-state index in [9.17, 15) is 4.79 Å². The van der Waals surface area contributed by atoms with Gasteiger partial charge in [-0.3, -0.25) is 4.79 Å². The van der Waals surface area contributed by atoms with E-state index >= 15 is 0 Å². The van der Waals surface area contributed by atoms with E-state index in [1.54, 1.807) is 11.7 Å². The zero-order valence-electron chi connectivity index (χ0n) is 11.1. The van der Waals surface area contributed by atoms with Crippen LogP contribution in [-0.2, 0) is 16.6 Å². The second-order valence-corrected chi connectivity index (χ2v) is 4.69. The van der Waals surface area contributed by atoms with Crippen molar-refractivity contribution in [3.63, 3.8) is 0 Å². The van der Waals surface area contributed by atoms with E-state index in [1.165, 1.54) is 0 Å². The SMILES string of the molecule is Cn1nnnc1-c1ccc(NC(=O)C2CCCO2)cc1. The molecule has 1 aliphatic heterocycles. The third-order valence-electron chi connectivity index (χ3n) is 3.25. The zero-order valence-corrected chi connectivity index (χ0v) is 11.1. The molecule has 20 heavy (non-hydrogen) atoms. The summed E-state index contributed by atoms with van der Waals surface area (Å²) in [6.07, 6.45) is 1.41. The van der Waals surface area contributed by atoms with E-state index in [1.807, 2.05) is 24.3 Å². The summed E-state index contributed by atoms with van der Waals surface area (Å²) in [6, 6.07) is 7.40. The van der Waals surface area contributed by atoms with Gasteiger partial charge in [-0.25, -0.2) is 4.68 Å². The molecule has 1 aromatic carbocycles. The fourth-order valence-electron chi connectivity index (χ4n) is 2.18. The molecule has 104 valence electrons. The summed E-state index contributed by atoms with van der Waals surface area (Å²) in [5.41, 5.74) is 1.64. The number of ether oxygens (including phenoxy) is 1. The Kier molecular flexibility index (Phi) is 3.42. The van der Waals surface area contributed by atoms with E-state index < -0.39 is 0 Å². The van der Waals surface area contributed by atoms with Crippen LogP contribution in [0.15, 0.2) is 24.3 Å². The quantitative estimate of drug-likeness (QED) is 0.902. The van der Waals surface area contributed by atoms with Crippen molar-refractivity contribution in [2.45, 2.75) is 18.9 Å². The summed E-state index contributed by atoms with van der Waals surface area (Å²) < 4.78 is 6.94. The molecular formula is C13H15N5O2.